The molecule has 0 aromatic heterocycles. The molecule has 1 rings (SSSR count). The molecule has 0 aromatic carbocycles. The summed E-state index contributed by atoms with van der Waals surface area (Å²) in [5, 5.41) is 3.19. The van der Waals surface area contributed by atoms with Gasteiger partial charge in [-0.25, -0.2) is 0 Å². The minimum absolute atomic E-state index is 0.230. The molecule has 1 N–H and O–H groups in total. The van der Waals surface area contributed by atoms with E-state index in [4.69, 9.17) is 0 Å². The SMILES string of the molecule is CCN1CCC(NC)(C(C)=O)CC1. The van der Waals surface area contributed by atoms with Crippen LogP contribution in [0.4, 0.5) is 0 Å². The number of Topliss-reactive ketones (excluding diaryl/α,β-unsaturated/α-hetero) is 1. The predicted octanol–water partition coefficient (Wildman–Crippen LogP) is 0.649. The van der Waals surface area contributed by atoms with E-state index in [0.717, 1.165) is 32.5 Å². The van der Waals surface area contributed by atoms with Crippen LogP contribution < -0.4 is 5.32 Å². The van der Waals surface area contributed by atoms with Gasteiger partial charge in [0.2, 0.25) is 0 Å². The van der Waals surface area contributed by atoms with Gasteiger partial charge in [0.1, 0.15) is 5.78 Å². The molecule has 1 aliphatic rings. The van der Waals surface area contributed by atoms with E-state index in [9.17, 15) is 4.79 Å². The van der Waals surface area contributed by atoms with E-state index in [1.807, 2.05) is 7.05 Å². The van der Waals surface area contributed by atoms with Crippen LogP contribution in [0.1, 0.15) is 26.7 Å². The minimum Gasteiger partial charge on any atom is -0.308 e. The summed E-state index contributed by atoms with van der Waals surface area (Å²) in [5.41, 5.74) is -0.230. The lowest BCUT2D eigenvalue weighted by Crippen LogP contribution is -2.56. The Bertz CT molecular complexity index is 183. The van der Waals surface area contributed by atoms with Gasteiger partial charge < -0.3 is 10.2 Å². The highest BCUT2D eigenvalue weighted by atomic mass is 16.1. The number of hydrogen-bond donors (Lipinski definition) is 1. The van der Waals surface area contributed by atoms with Gasteiger partial charge in [0, 0.05) is 13.1 Å². The summed E-state index contributed by atoms with van der Waals surface area (Å²) < 4.78 is 0. The number of carbonyl (C=O) groups is 1. The van der Waals surface area contributed by atoms with Crippen molar-refractivity contribution in [2.24, 2.45) is 0 Å². The summed E-state index contributed by atoms with van der Waals surface area (Å²) in [5.74, 6) is 0.283. The van der Waals surface area contributed by atoms with Crippen molar-refractivity contribution >= 4 is 5.78 Å². The summed E-state index contributed by atoms with van der Waals surface area (Å²) in [6, 6.07) is 0. The van der Waals surface area contributed by atoms with Crippen LogP contribution in [0.5, 0.6) is 0 Å². The molecule has 3 nitrogen and oxygen atoms in total. The molecule has 1 saturated heterocycles. The molecule has 0 unspecified atom stereocenters. The van der Waals surface area contributed by atoms with Gasteiger partial charge in [-0.3, -0.25) is 4.79 Å². The van der Waals surface area contributed by atoms with E-state index in [-0.39, 0.29) is 11.3 Å². The maximum absolute atomic E-state index is 11.5. The fraction of sp³-hybridized carbons (Fsp3) is 0.900. The number of likely N-dealkylation sites (N-methyl/N-ethyl adjacent to an activating group) is 1. The first-order valence-electron chi connectivity index (χ1n) is 5.07. The standard InChI is InChI=1S/C10H20N2O/c1-4-12-7-5-10(11-3,6-8-12)9(2)13/h11H,4-8H2,1-3H3. The third-order valence-corrected chi connectivity index (χ3v) is 3.31. The van der Waals surface area contributed by atoms with Gasteiger partial charge in [-0.05, 0) is 33.4 Å². The molecule has 0 aromatic rings. The number of carbonyl (C=O) groups excluding carboxylic acids is 1. The third-order valence-electron chi connectivity index (χ3n) is 3.31. The zero-order chi connectivity index (χ0) is 9.90. The molecule has 0 radical (unpaired) electrons. The second kappa shape index (κ2) is 4.20. The maximum Gasteiger partial charge on any atom is 0.149 e. The average Bonchev–Trinajstić information content (AvgIpc) is 2.17. The van der Waals surface area contributed by atoms with Crippen molar-refractivity contribution < 1.29 is 4.79 Å². The molecule has 0 spiro atoms. The fourth-order valence-corrected chi connectivity index (χ4v) is 2.03. The first-order valence-corrected chi connectivity index (χ1v) is 5.07. The molecule has 0 amide bonds. The summed E-state index contributed by atoms with van der Waals surface area (Å²) >= 11 is 0. The lowest BCUT2D eigenvalue weighted by Gasteiger charge is -2.39. The Hall–Kier alpha value is -0.410. The zero-order valence-corrected chi connectivity index (χ0v) is 8.89. The number of rotatable bonds is 3. The molecule has 1 heterocycles. The Morgan fingerprint density at radius 3 is 2.31 bits per heavy atom. The highest BCUT2D eigenvalue weighted by Gasteiger charge is 2.36. The minimum atomic E-state index is -0.230. The van der Waals surface area contributed by atoms with Crippen molar-refractivity contribution in [2.45, 2.75) is 32.2 Å². The molecule has 1 aliphatic heterocycles. The van der Waals surface area contributed by atoms with Crippen LogP contribution >= 0.6 is 0 Å². The van der Waals surface area contributed by atoms with Gasteiger partial charge in [0.05, 0.1) is 5.54 Å². The van der Waals surface area contributed by atoms with Gasteiger partial charge in [-0.2, -0.15) is 0 Å². The fourth-order valence-electron chi connectivity index (χ4n) is 2.03. The van der Waals surface area contributed by atoms with Crippen LogP contribution in [0, 0.1) is 0 Å². The van der Waals surface area contributed by atoms with E-state index in [1.165, 1.54) is 0 Å². The van der Waals surface area contributed by atoms with Crippen molar-refractivity contribution in [1.82, 2.24) is 10.2 Å². The number of nitrogens with one attached hydrogen (secondary N) is 1. The molecule has 3 heteroatoms. The summed E-state index contributed by atoms with van der Waals surface area (Å²) in [4.78, 5) is 13.9. The van der Waals surface area contributed by atoms with E-state index < -0.39 is 0 Å². The van der Waals surface area contributed by atoms with Gasteiger partial charge in [0.25, 0.3) is 0 Å². The average molecular weight is 184 g/mol. The third kappa shape index (κ3) is 2.09. The Labute approximate surface area is 80.5 Å². The first-order chi connectivity index (χ1) is 6.14. The molecule has 76 valence electrons. The van der Waals surface area contributed by atoms with Crippen LogP contribution in [0.3, 0.4) is 0 Å². The van der Waals surface area contributed by atoms with Gasteiger partial charge in [0.15, 0.2) is 0 Å². The molecule has 0 saturated carbocycles. The van der Waals surface area contributed by atoms with Gasteiger partial charge in [-0.1, -0.05) is 6.92 Å². The van der Waals surface area contributed by atoms with Crippen LogP contribution in [-0.2, 0) is 4.79 Å². The monoisotopic (exact) mass is 184 g/mol. The van der Waals surface area contributed by atoms with E-state index >= 15 is 0 Å². The molecular formula is C10H20N2O. The normalized spacial score (nSPS) is 23.0. The zero-order valence-electron chi connectivity index (χ0n) is 8.89. The van der Waals surface area contributed by atoms with Crippen LogP contribution in [0.25, 0.3) is 0 Å². The highest BCUT2D eigenvalue weighted by molar-refractivity contribution is 5.86. The second-order valence-corrected chi connectivity index (χ2v) is 3.82. The summed E-state index contributed by atoms with van der Waals surface area (Å²) in [6.07, 6.45) is 1.90. The van der Waals surface area contributed by atoms with Crippen molar-refractivity contribution in [3.63, 3.8) is 0 Å². The first kappa shape index (κ1) is 10.7. The lowest BCUT2D eigenvalue weighted by molar-refractivity contribution is -0.125. The predicted molar refractivity (Wildman–Crippen MR) is 53.8 cm³/mol. The van der Waals surface area contributed by atoms with Crippen molar-refractivity contribution in [2.75, 3.05) is 26.7 Å². The van der Waals surface area contributed by atoms with Crippen LogP contribution in [0.15, 0.2) is 0 Å². The van der Waals surface area contributed by atoms with E-state index in [1.54, 1.807) is 6.92 Å². The largest absolute Gasteiger partial charge is 0.308 e. The quantitative estimate of drug-likeness (QED) is 0.699. The van der Waals surface area contributed by atoms with E-state index in [0.29, 0.717) is 0 Å². The Balaban J connectivity index is 2.58. The maximum atomic E-state index is 11.5. The lowest BCUT2D eigenvalue weighted by atomic mass is 9.84. The number of hydrogen-bond acceptors (Lipinski definition) is 3. The number of piperidine rings is 1. The van der Waals surface area contributed by atoms with E-state index in [2.05, 4.69) is 17.1 Å². The number of likely N-dealkylation sites (tertiary alicyclic amines) is 1. The van der Waals surface area contributed by atoms with Crippen LogP contribution in [0.2, 0.25) is 0 Å². The molecule has 13 heavy (non-hydrogen) atoms. The second-order valence-electron chi connectivity index (χ2n) is 3.82. The Morgan fingerprint density at radius 2 is 2.00 bits per heavy atom. The highest BCUT2D eigenvalue weighted by Crippen LogP contribution is 2.22. The van der Waals surface area contributed by atoms with Gasteiger partial charge in [-0.15, -0.1) is 0 Å². The molecule has 1 fully saturated rings. The smallest absolute Gasteiger partial charge is 0.149 e. The summed E-state index contributed by atoms with van der Waals surface area (Å²) in [7, 11) is 1.89. The van der Waals surface area contributed by atoms with Gasteiger partial charge >= 0.3 is 0 Å². The van der Waals surface area contributed by atoms with Crippen molar-refractivity contribution in [3.05, 3.63) is 0 Å². The Morgan fingerprint density at radius 1 is 1.46 bits per heavy atom. The molecular weight excluding hydrogens is 164 g/mol. The number of ketones is 1. The number of nitrogens with zero attached hydrogens (tertiary/aromatic N) is 1. The van der Waals surface area contributed by atoms with Crippen LogP contribution in [-0.4, -0.2) is 42.9 Å². The molecule has 0 bridgehead atoms. The molecule has 0 atom stereocenters. The van der Waals surface area contributed by atoms with Crippen molar-refractivity contribution in [1.29, 1.82) is 0 Å². The van der Waals surface area contributed by atoms with Crippen molar-refractivity contribution in [3.8, 4) is 0 Å². The Kier molecular flexibility index (Phi) is 3.45. The topological polar surface area (TPSA) is 32.3 Å². The molecule has 0 aliphatic carbocycles. The summed E-state index contributed by atoms with van der Waals surface area (Å²) in [6.45, 7) is 7.03.